The predicted molar refractivity (Wildman–Crippen MR) is 125 cm³/mol. The zero-order valence-electron chi connectivity index (χ0n) is 18.3. The summed E-state index contributed by atoms with van der Waals surface area (Å²) in [6, 6.07) is 17.2. The van der Waals surface area contributed by atoms with Crippen LogP contribution in [0.2, 0.25) is 0 Å². The number of rotatable bonds is 9. The monoisotopic (exact) mass is 433 g/mol. The lowest BCUT2D eigenvalue weighted by molar-refractivity contribution is -0.121. The second-order valence-electron chi connectivity index (χ2n) is 7.59. The van der Waals surface area contributed by atoms with Crippen LogP contribution in [0.4, 0.5) is 0 Å². The van der Waals surface area contributed by atoms with Crippen molar-refractivity contribution >= 4 is 22.5 Å². The van der Waals surface area contributed by atoms with Crippen LogP contribution in [-0.4, -0.2) is 35.6 Å². The number of aryl methyl sites for hydroxylation is 1. The molecule has 2 aromatic heterocycles. The van der Waals surface area contributed by atoms with Crippen molar-refractivity contribution in [1.82, 2.24) is 14.3 Å². The van der Waals surface area contributed by atoms with Gasteiger partial charge in [0.1, 0.15) is 17.0 Å². The Morgan fingerprint density at radius 1 is 0.969 bits per heavy atom. The molecule has 0 spiro atoms. The van der Waals surface area contributed by atoms with Gasteiger partial charge in [-0.1, -0.05) is 18.2 Å². The zero-order valence-corrected chi connectivity index (χ0v) is 18.3. The summed E-state index contributed by atoms with van der Waals surface area (Å²) < 4.78 is 14.3. The fourth-order valence-electron chi connectivity index (χ4n) is 4.01. The summed E-state index contributed by atoms with van der Waals surface area (Å²) >= 11 is 0. The fraction of sp³-hybridized carbons (Fsp3) is 0.280. The Morgan fingerprint density at radius 2 is 1.75 bits per heavy atom. The molecular weight excluding hydrogens is 406 g/mol. The molecule has 2 heterocycles. The van der Waals surface area contributed by atoms with Gasteiger partial charge in [-0.15, -0.1) is 0 Å². The van der Waals surface area contributed by atoms with E-state index >= 15 is 0 Å². The van der Waals surface area contributed by atoms with Crippen LogP contribution in [0.5, 0.6) is 11.5 Å². The minimum Gasteiger partial charge on any atom is -0.497 e. The van der Waals surface area contributed by atoms with Crippen LogP contribution in [0.1, 0.15) is 18.4 Å². The van der Waals surface area contributed by atoms with E-state index in [4.69, 9.17) is 9.47 Å². The summed E-state index contributed by atoms with van der Waals surface area (Å²) in [6.07, 6.45) is 3.49. The normalized spacial score (nSPS) is 11.1. The Morgan fingerprint density at radius 3 is 2.53 bits per heavy atom. The highest BCUT2D eigenvalue weighted by Crippen LogP contribution is 2.24. The maximum atomic E-state index is 12.9. The number of benzene rings is 2. The Kier molecular flexibility index (Phi) is 6.44. The van der Waals surface area contributed by atoms with Gasteiger partial charge in [-0.25, -0.2) is 0 Å². The van der Waals surface area contributed by atoms with E-state index in [1.807, 2.05) is 65.2 Å². The lowest BCUT2D eigenvalue weighted by Crippen LogP contribution is -2.27. The van der Waals surface area contributed by atoms with E-state index in [0.29, 0.717) is 37.9 Å². The number of ether oxygens (including phenoxy) is 2. The Labute approximate surface area is 186 Å². The molecule has 2 aromatic carbocycles. The number of hydrogen-bond acceptors (Lipinski definition) is 4. The summed E-state index contributed by atoms with van der Waals surface area (Å²) in [5.74, 6) is 1.44. The Balaban J connectivity index is 1.35. The second kappa shape index (κ2) is 9.60. The molecular formula is C25H27N3O4. The molecule has 0 unspecified atom stereocenters. The number of nitrogens with zero attached hydrogens (tertiary/aromatic N) is 2. The summed E-state index contributed by atoms with van der Waals surface area (Å²) in [5.41, 5.74) is 3.45. The van der Waals surface area contributed by atoms with Crippen LogP contribution in [-0.2, 0) is 17.8 Å². The highest BCUT2D eigenvalue weighted by atomic mass is 16.5. The molecule has 0 saturated heterocycles. The second-order valence-corrected chi connectivity index (χ2v) is 7.59. The molecule has 0 aliphatic carbocycles. The molecule has 4 rings (SSSR count). The minimum atomic E-state index is -0.0410. The van der Waals surface area contributed by atoms with E-state index in [1.165, 1.54) is 0 Å². The van der Waals surface area contributed by atoms with Gasteiger partial charge < -0.3 is 23.8 Å². The molecule has 4 aromatic rings. The van der Waals surface area contributed by atoms with E-state index in [2.05, 4.69) is 5.32 Å². The summed E-state index contributed by atoms with van der Waals surface area (Å²) in [6.45, 7) is 1.00. The molecule has 0 radical (unpaired) electrons. The van der Waals surface area contributed by atoms with E-state index in [-0.39, 0.29) is 11.5 Å². The van der Waals surface area contributed by atoms with Crippen molar-refractivity contribution < 1.29 is 14.3 Å². The summed E-state index contributed by atoms with van der Waals surface area (Å²) in [5, 5.41) is 2.96. The van der Waals surface area contributed by atoms with Gasteiger partial charge >= 0.3 is 0 Å². The van der Waals surface area contributed by atoms with Gasteiger partial charge in [0.25, 0.3) is 5.56 Å². The molecule has 0 fully saturated rings. The number of hydrogen-bond donors (Lipinski definition) is 1. The first-order chi connectivity index (χ1) is 15.6. The quantitative estimate of drug-likeness (QED) is 0.439. The third kappa shape index (κ3) is 4.32. The van der Waals surface area contributed by atoms with Gasteiger partial charge in [-0.3, -0.25) is 9.59 Å². The average molecular weight is 434 g/mol. The van der Waals surface area contributed by atoms with E-state index < -0.39 is 0 Å². The van der Waals surface area contributed by atoms with E-state index in [1.54, 1.807) is 18.8 Å². The van der Waals surface area contributed by atoms with Crippen LogP contribution in [0.25, 0.3) is 16.6 Å². The number of para-hydroxylation sites is 2. The lowest BCUT2D eigenvalue weighted by atomic mass is 10.1. The summed E-state index contributed by atoms with van der Waals surface area (Å²) in [7, 11) is 3.23. The van der Waals surface area contributed by atoms with Crippen LogP contribution in [0.15, 0.2) is 65.6 Å². The van der Waals surface area contributed by atoms with Gasteiger partial charge in [0.2, 0.25) is 5.91 Å². The largest absolute Gasteiger partial charge is 0.497 e. The van der Waals surface area contributed by atoms with E-state index in [0.717, 1.165) is 28.1 Å². The molecule has 32 heavy (non-hydrogen) atoms. The molecule has 0 bridgehead atoms. The molecule has 0 aliphatic heterocycles. The Bertz CT molecular complexity index is 1310. The molecule has 1 N–H and O–H groups in total. The van der Waals surface area contributed by atoms with Gasteiger partial charge in [0.05, 0.1) is 25.3 Å². The topological polar surface area (TPSA) is 74.0 Å². The van der Waals surface area contributed by atoms with Crippen molar-refractivity contribution in [2.45, 2.75) is 25.8 Å². The molecule has 7 heteroatoms. The van der Waals surface area contributed by atoms with Crippen molar-refractivity contribution in [1.29, 1.82) is 0 Å². The van der Waals surface area contributed by atoms with Crippen molar-refractivity contribution in [3.63, 3.8) is 0 Å². The van der Waals surface area contributed by atoms with Gasteiger partial charge in [0.15, 0.2) is 0 Å². The first kappa shape index (κ1) is 21.5. The third-order valence-corrected chi connectivity index (χ3v) is 5.64. The van der Waals surface area contributed by atoms with Gasteiger partial charge in [-0.2, -0.15) is 0 Å². The maximum Gasteiger partial charge on any atom is 0.275 e. The number of fused-ring (bicyclic) bond motifs is 3. The number of nitrogens with one attached hydrogen (secondary N) is 1. The molecule has 7 nitrogen and oxygen atoms in total. The molecule has 166 valence electrons. The van der Waals surface area contributed by atoms with Gasteiger partial charge in [-0.05, 0) is 48.7 Å². The molecule has 1 amide bonds. The highest BCUT2D eigenvalue weighted by molar-refractivity contribution is 5.79. The van der Waals surface area contributed by atoms with Crippen molar-refractivity contribution in [2.24, 2.45) is 0 Å². The van der Waals surface area contributed by atoms with Crippen LogP contribution < -0.4 is 20.3 Å². The van der Waals surface area contributed by atoms with Crippen LogP contribution >= 0.6 is 0 Å². The molecule has 0 aliphatic rings. The van der Waals surface area contributed by atoms with Crippen molar-refractivity contribution in [3.8, 4) is 11.5 Å². The van der Waals surface area contributed by atoms with Crippen molar-refractivity contribution in [3.05, 3.63) is 76.7 Å². The predicted octanol–water partition coefficient (Wildman–Crippen LogP) is 3.41. The fourth-order valence-corrected chi connectivity index (χ4v) is 4.01. The molecule has 0 atom stereocenters. The Hall–Kier alpha value is -3.74. The lowest BCUT2D eigenvalue weighted by Gasteiger charge is -2.13. The summed E-state index contributed by atoms with van der Waals surface area (Å²) in [4.78, 5) is 25.3. The standard InChI is InChI=1S/C25H27N3O4/c1-31-19-12-11-18(23(17-19)32-2)13-14-26-24(29)10-6-16-28-21-8-4-3-7-20(21)27-15-5-9-22(27)25(28)30/h3-5,7-9,11-12,15,17H,6,10,13-14,16H2,1-2H3,(H,26,29). The number of methoxy groups -OCH3 is 2. The maximum absolute atomic E-state index is 12.9. The molecule has 0 saturated carbocycles. The zero-order chi connectivity index (χ0) is 22.5. The first-order valence-electron chi connectivity index (χ1n) is 10.7. The minimum absolute atomic E-state index is 0.0291. The average Bonchev–Trinajstić information content (AvgIpc) is 3.32. The van der Waals surface area contributed by atoms with Crippen LogP contribution in [0.3, 0.4) is 0 Å². The number of carbonyl (C=O) groups is 1. The highest BCUT2D eigenvalue weighted by Gasteiger charge is 2.11. The number of aromatic nitrogens is 2. The third-order valence-electron chi connectivity index (χ3n) is 5.64. The number of amides is 1. The van der Waals surface area contributed by atoms with Crippen molar-refractivity contribution in [2.75, 3.05) is 20.8 Å². The number of carbonyl (C=O) groups excluding carboxylic acids is 1. The first-order valence-corrected chi connectivity index (χ1v) is 10.7. The SMILES string of the molecule is COc1ccc(CCNC(=O)CCCn2c(=O)c3cccn3c3ccccc32)c(OC)c1. The van der Waals surface area contributed by atoms with E-state index in [9.17, 15) is 9.59 Å². The smallest absolute Gasteiger partial charge is 0.275 e. The van der Waals surface area contributed by atoms with Crippen LogP contribution in [0, 0.1) is 0 Å². The van der Waals surface area contributed by atoms with Gasteiger partial charge in [0, 0.05) is 31.8 Å².